The number of anilines is 2. The Kier molecular flexibility index (Phi) is 7.70. The zero-order valence-electron chi connectivity index (χ0n) is 16.8. The van der Waals surface area contributed by atoms with Crippen LogP contribution in [0.1, 0.15) is 26.2 Å². The molecule has 0 aromatic heterocycles. The van der Waals surface area contributed by atoms with E-state index in [-0.39, 0.29) is 17.0 Å². The second-order valence-corrected chi connectivity index (χ2v) is 9.06. The molecule has 9 nitrogen and oxygen atoms in total. The molecular formula is C19H30N4O5S. The Hall–Kier alpha value is -1.88. The third kappa shape index (κ3) is 5.81. The first-order valence-corrected chi connectivity index (χ1v) is 11.6. The van der Waals surface area contributed by atoms with Gasteiger partial charge < -0.3 is 25.4 Å². The first-order chi connectivity index (χ1) is 14.0. The SMILES string of the molecule is CCCNC(=O)Nc1cc(S(=O)(=O)N2CCOCC2)ccc1NCC1CCCO1. The molecule has 2 aliphatic heterocycles. The summed E-state index contributed by atoms with van der Waals surface area (Å²) in [5, 5.41) is 8.80. The number of morpholine rings is 1. The van der Waals surface area contributed by atoms with Crippen LogP contribution in [0.15, 0.2) is 23.1 Å². The molecule has 3 rings (SSSR count). The summed E-state index contributed by atoms with van der Waals surface area (Å²) in [6.07, 6.45) is 2.95. The molecule has 1 aromatic rings. The van der Waals surface area contributed by atoms with Crippen LogP contribution in [-0.2, 0) is 19.5 Å². The van der Waals surface area contributed by atoms with E-state index in [1.807, 2.05) is 6.92 Å². The summed E-state index contributed by atoms with van der Waals surface area (Å²) in [6.45, 7) is 5.26. The molecule has 2 heterocycles. The molecule has 10 heteroatoms. The van der Waals surface area contributed by atoms with Crippen LogP contribution in [0, 0.1) is 0 Å². The number of carbonyl (C=O) groups excluding carboxylic acids is 1. The highest BCUT2D eigenvalue weighted by Crippen LogP contribution is 2.28. The molecular weight excluding hydrogens is 396 g/mol. The Balaban J connectivity index is 1.80. The maximum Gasteiger partial charge on any atom is 0.319 e. The standard InChI is InChI=1S/C19H30N4O5S/c1-2-7-20-19(24)22-18-13-16(29(25,26)23-8-11-27-12-9-23)5-6-17(18)21-14-15-4-3-10-28-15/h5-6,13,15,21H,2-4,7-12,14H2,1H3,(H2,20,22,24). The van der Waals surface area contributed by atoms with Gasteiger partial charge in [0.25, 0.3) is 0 Å². The van der Waals surface area contributed by atoms with Crippen molar-refractivity contribution >= 4 is 27.4 Å². The zero-order valence-corrected chi connectivity index (χ0v) is 17.6. The summed E-state index contributed by atoms with van der Waals surface area (Å²) in [4.78, 5) is 12.3. The third-order valence-corrected chi connectivity index (χ3v) is 6.82. The predicted molar refractivity (Wildman–Crippen MR) is 111 cm³/mol. The van der Waals surface area contributed by atoms with Gasteiger partial charge in [-0.3, -0.25) is 0 Å². The van der Waals surface area contributed by atoms with Crippen LogP contribution in [-0.4, -0.2) is 70.9 Å². The smallest absolute Gasteiger partial charge is 0.319 e. The minimum atomic E-state index is -3.66. The Bertz CT molecular complexity index is 790. The summed E-state index contributed by atoms with van der Waals surface area (Å²) in [7, 11) is -3.66. The molecule has 0 radical (unpaired) electrons. The van der Waals surface area contributed by atoms with E-state index in [1.165, 1.54) is 10.4 Å². The van der Waals surface area contributed by atoms with Crippen LogP contribution < -0.4 is 16.0 Å². The lowest BCUT2D eigenvalue weighted by atomic mass is 10.2. The topological polar surface area (TPSA) is 109 Å². The summed E-state index contributed by atoms with van der Waals surface area (Å²) < 4.78 is 38.2. The van der Waals surface area contributed by atoms with E-state index in [1.54, 1.807) is 12.1 Å². The van der Waals surface area contributed by atoms with Crippen molar-refractivity contribution in [2.45, 2.75) is 37.2 Å². The molecule has 1 atom stereocenters. The Morgan fingerprint density at radius 1 is 1.21 bits per heavy atom. The van der Waals surface area contributed by atoms with E-state index < -0.39 is 10.0 Å². The van der Waals surface area contributed by atoms with Gasteiger partial charge in [0.05, 0.1) is 35.6 Å². The van der Waals surface area contributed by atoms with Gasteiger partial charge in [0.1, 0.15) is 0 Å². The zero-order chi connectivity index (χ0) is 20.7. The largest absolute Gasteiger partial charge is 0.381 e. The second kappa shape index (κ2) is 10.2. The molecule has 3 N–H and O–H groups in total. The number of ether oxygens (including phenoxy) is 2. The average molecular weight is 427 g/mol. The van der Waals surface area contributed by atoms with Crippen molar-refractivity contribution in [2.75, 3.05) is 56.6 Å². The molecule has 0 bridgehead atoms. The lowest BCUT2D eigenvalue weighted by Gasteiger charge is -2.26. The number of hydrogen-bond acceptors (Lipinski definition) is 6. The normalized spacial score (nSPS) is 20.4. The van der Waals surface area contributed by atoms with Crippen molar-refractivity contribution in [3.05, 3.63) is 18.2 Å². The molecule has 29 heavy (non-hydrogen) atoms. The van der Waals surface area contributed by atoms with Gasteiger partial charge in [-0.15, -0.1) is 0 Å². The summed E-state index contributed by atoms with van der Waals surface area (Å²) in [6, 6.07) is 4.40. The van der Waals surface area contributed by atoms with Crippen LogP contribution in [0.25, 0.3) is 0 Å². The first kappa shape index (κ1) is 21.8. The average Bonchev–Trinajstić information content (AvgIpc) is 3.25. The quantitative estimate of drug-likeness (QED) is 0.585. The number of rotatable bonds is 8. The van der Waals surface area contributed by atoms with Crippen molar-refractivity contribution in [3.8, 4) is 0 Å². The number of amides is 2. The molecule has 0 saturated carbocycles. The number of hydrogen-bond donors (Lipinski definition) is 3. The fourth-order valence-electron chi connectivity index (χ4n) is 3.31. The number of sulfonamides is 1. The van der Waals surface area contributed by atoms with Crippen LogP contribution in [0.4, 0.5) is 16.2 Å². The molecule has 2 fully saturated rings. The number of nitrogens with one attached hydrogen (secondary N) is 3. The van der Waals surface area contributed by atoms with Crippen LogP contribution in [0.3, 0.4) is 0 Å². The summed E-state index contributed by atoms with van der Waals surface area (Å²) >= 11 is 0. The number of urea groups is 1. The first-order valence-electron chi connectivity index (χ1n) is 10.1. The van der Waals surface area contributed by atoms with Gasteiger partial charge in [-0.05, 0) is 37.5 Å². The monoisotopic (exact) mass is 426 g/mol. The third-order valence-electron chi connectivity index (χ3n) is 4.93. The maximum absolute atomic E-state index is 13.0. The Labute approximate surface area is 172 Å². The lowest BCUT2D eigenvalue weighted by molar-refractivity contribution is 0.0730. The molecule has 1 aromatic carbocycles. The van der Waals surface area contributed by atoms with Crippen LogP contribution in [0.2, 0.25) is 0 Å². The van der Waals surface area contributed by atoms with Gasteiger partial charge in [-0.25, -0.2) is 13.2 Å². The molecule has 2 amide bonds. The van der Waals surface area contributed by atoms with Crippen LogP contribution >= 0.6 is 0 Å². The van der Waals surface area contributed by atoms with Gasteiger partial charge in [0, 0.05) is 32.8 Å². The lowest BCUT2D eigenvalue weighted by Crippen LogP contribution is -2.40. The molecule has 0 aliphatic carbocycles. The van der Waals surface area contributed by atoms with E-state index in [4.69, 9.17) is 9.47 Å². The second-order valence-electron chi connectivity index (χ2n) is 7.12. The maximum atomic E-state index is 13.0. The van der Waals surface area contributed by atoms with Gasteiger partial charge in [-0.2, -0.15) is 4.31 Å². The van der Waals surface area contributed by atoms with Crippen molar-refractivity contribution in [2.24, 2.45) is 0 Å². The van der Waals surface area contributed by atoms with E-state index in [2.05, 4.69) is 16.0 Å². The van der Waals surface area contributed by atoms with Crippen molar-refractivity contribution in [1.29, 1.82) is 0 Å². The highest BCUT2D eigenvalue weighted by atomic mass is 32.2. The van der Waals surface area contributed by atoms with Crippen molar-refractivity contribution in [1.82, 2.24) is 9.62 Å². The highest BCUT2D eigenvalue weighted by Gasteiger charge is 2.27. The van der Waals surface area contributed by atoms with Crippen molar-refractivity contribution in [3.63, 3.8) is 0 Å². The molecule has 1 unspecified atom stereocenters. The molecule has 0 spiro atoms. The Morgan fingerprint density at radius 3 is 2.69 bits per heavy atom. The van der Waals surface area contributed by atoms with E-state index >= 15 is 0 Å². The van der Waals surface area contributed by atoms with Gasteiger partial charge in [-0.1, -0.05) is 6.92 Å². The van der Waals surface area contributed by atoms with E-state index in [9.17, 15) is 13.2 Å². The predicted octanol–water partition coefficient (Wildman–Crippen LogP) is 1.83. The minimum absolute atomic E-state index is 0.119. The Morgan fingerprint density at radius 2 is 2.00 bits per heavy atom. The van der Waals surface area contributed by atoms with Gasteiger partial charge >= 0.3 is 6.03 Å². The number of carbonyl (C=O) groups is 1. The van der Waals surface area contributed by atoms with E-state index in [0.29, 0.717) is 50.8 Å². The van der Waals surface area contributed by atoms with Gasteiger partial charge in [0.15, 0.2) is 0 Å². The van der Waals surface area contributed by atoms with E-state index in [0.717, 1.165) is 25.9 Å². The fourth-order valence-corrected chi connectivity index (χ4v) is 4.75. The highest BCUT2D eigenvalue weighted by molar-refractivity contribution is 7.89. The minimum Gasteiger partial charge on any atom is -0.381 e. The number of benzene rings is 1. The summed E-state index contributed by atoms with van der Waals surface area (Å²) in [5.41, 5.74) is 1.08. The molecule has 162 valence electrons. The number of nitrogens with zero attached hydrogens (tertiary/aromatic N) is 1. The van der Waals surface area contributed by atoms with Gasteiger partial charge in [0.2, 0.25) is 10.0 Å². The van der Waals surface area contributed by atoms with Crippen LogP contribution in [0.5, 0.6) is 0 Å². The molecule has 2 saturated heterocycles. The van der Waals surface area contributed by atoms with Crippen molar-refractivity contribution < 1.29 is 22.7 Å². The molecule has 2 aliphatic rings. The fraction of sp³-hybridized carbons (Fsp3) is 0.632. The summed E-state index contributed by atoms with van der Waals surface area (Å²) in [5.74, 6) is 0.